The number of amides is 1. The molecule has 128 valence electrons. The summed E-state index contributed by atoms with van der Waals surface area (Å²) in [7, 11) is 0. The number of hydrogen-bond donors (Lipinski definition) is 1. The molecule has 2 rings (SSSR count). The van der Waals surface area contributed by atoms with Gasteiger partial charge in [0.15, 0.2) is 13.2 Å². The third-order valence-corrected chi connectivity index (χ3v) is 3.52. The minimum Gasteiger partial charge on any atom is -0.481 e. The van der Waals surface area contributed by atoms with Gasteiger partial charge in [-0.1, -0.05) is 0 Å². The molecule has 2 aromatic rings. The zero-order valence-electron chi connectivity index (χ0n) is 12.8. The van der Waals surface area contributed by atoms with Crippen molar-refractivity contribution in [1.82, 2.24) is 0 Å². The summed E-state index contributed by atoms with van der Waals surface area (Å²) < 4.78 is 23.3. The molecule has 25 heavy (non-hydrogen) atoms. The van der Waals surface area contributed by atoms with Crippen molar-refractivity contribution in [2.24, 2.45) is 0 Å². The van der Waals surface area contributed by atoms with Crippen LogP contribution in [-0.4, -0.2) is 25.1 Å². The van der Waals surface area contributed by atoms with Crippen LogP contribution in [0.4, 0.5) is 10.1 Å². The first-order valence-electron chi connectivity index (χ1n) is 7.01. The first kappa shape index (κ1) is 18.4. The van der Waals surface area contributed by atoms with E-state index in [9.17, 15) is 14.0 Å². The van der Waals surface area contributed by atoms with Crippen LogP contribution >= 0.6 is 15.9 Å². The van der Waals surface area contributed by atoms with Crippen LogP contribution in [0, 0.1) is 17.1 Å². The fraction of sp³-hybridized carbons (Fsp3) is 0.118. The summed E-state index contributed by atoms with van der Waals surface area (Å²) in [6.07, 6.45) is 0. The number of rotatable bonds is 6. The van der Waals surface area contributed by atoms with Crippen LogP contribution in [0.3, 0.4) is 0 Å². The Morgan fingerprint density at radius 1 is 1.16 bits per heavy atom. The molecule has 0 spiro atoms. The molecule has 0 fully saturated rings. The van der Waals surface area contributed by atoms with Crippen molar-refractivity contribution in [3.05, 3.63) is 58.3 Å². The van der Waals surface area contributed by atoms with Gasteiger partial charge in [-0.15, -0.1) is 0 Å². The average Bonchev–Trinajstić information content (AvgIpc) is 2.60. The molecule has 1 amide bonds. The summed E-state index contributed by atoms with van der Waals surface area (Å²) in [6, 6.07) is 11.9. The fourth-order valence-corrected chi connectivity index (χ4v) is 2.21. The van der Waals surface area contributed by atoms with Gasteiger partial charge in [0.2, 0.25) is 0 Å². The van der Waals surface area contributed by atoms with Crippen molar-refractivity contribution in [3.63, 3.8) is 0 Å². The van der Waals surface area contributed by atoms with E-state index in [4.69, 9.17) is 14.7 Å². The lowest BCUT2D eigenvalue weighted by molar-refractivity contribution is -0.149. The van der Waals surface area contributed by atoms with E-state index < -0.39 is 30.9 Å². The molecule has 0 aliphatic rings. The minimum atomic E-state index is -0.744. The third kappa shape index (κ3) is 5.90. The van der Waals surface area contributed by atoms with Gasteiger partial charge in [-0.2, -0.15) is 5.26 Å². The standard InChI is InChI=1S/C17H12BrFN2O4/c18-14-7-12(19)3-6-15(14)24-10-17(23)25-9-16(22)21-13-4-1-11(8-20)2-5-13/h1-7H,9-10H2,(H,21,22). The summed E-state index contributed by atoms with van der Waals surface area (Å²) in [5.74, 6) is -1.44. The monoisotopic (exact) mass is 406 g/mol. The van der Waals surface area contributed by atoms with E-state index in [1.807, 2.05) is 6.07 Å². The Kier molecular flexibility index (Phi) is 6.48. The van der Waals surface area contributed by atoms with Crippen molar-refractivity contribution < 1.29 is 23.5 Å². The number of benzene rings is 2. The Balaban J connectivity index is 1.75. The first-order chi connectivity index (χ1) is 12.0. The van der Waals surface area contributed by atoms with E-state index in [2.05, 4.69) is 21.2 Å². The Bertz CT molecular complexity index is 818. The van der Waals surface area contributed by atoms with Crippen LogP contribution in [0.1, 0.15) is 5.56 Å². The zero-order valence-corrected chi connectivity index (χ0v) is 14.4. The molecular formula is C17H12BrFN2O4. The summed E-state index contributed by atoms with van der Waals surface area (Å²) >= 11 is 3.11. The number of carbonyl (C=O) groups excluding carboxylic acids is 2. The molecule has 8 heteroatoms. The topological polar surface area (TPSA) is 88.4 Å². The maximum absolute atomic E-state index is 12.9. The lowest BCUT2D eigenvalue weighted by atomic mass is 10.2. The molecule has 0 unspecified atom stereocenters. The van der Waals surface area contributed by atoms with Gasteiger partial charge in [0, 0.05) is 5.69 Å². The number of esters is 1. The molecule has 2 aromatic carbocycles. The molecule has 6 nitrogen and oxygen atoms in total. The average molecular weight is 407 g/mol. The maximum atomic E-state index is 12.9. The second-order valence-electron chi connectivity index (χ2n) is 4.76. The molecule has 0 saturated heterocycles. The van der Waals surface area contributed by atoms with Gasteiger partial charge in [-0.05, 0) is 58.4 Å². The Labute approximate surface area is 151 Å². The number of anilines is 1. The van der Waals surface area contributed by atoms with E-state index in [0.717, 1.165) is 0 Å². The van der Waals surface area contributed by atoms with Crippen LogP contribution in [-0.2, 0) is 14.3 Å². The van der Waals surface area contributed by atoms with Crippen molar-refractivity contribution in [2.45, 2.75) is 0 Å². The van der Waals surface area contributed by atoms with Gasteiger partial charge >= 0.3 is 5.97 Å². The van der Waals surface area contributed by atoms with E-state index >= 15 is 0 Å². The minimum absolute atomic E-state index is 0.278. The van der Waals surface area contributed by atoms with Gasteiger partial charge in [0.05, 0.1) is 16.1 Å². The van der Waals surface area contributed by atoms with Gasteiger partial charge in [-0.25, -0.2) is 9.18 Å². The van der Waals surface area contributed by atoms with Gasteiger partial charge in [0.25, 0.3) is 5.91 Å². The highest BCUT2D eigenvalue weighted by Crippen LogP contribution is 2.25. The van der Waals surface area contributed by atoms with Gasteiger partial charge < -0.3 is 14.8 Å². The van der Waals surface area contributed by atoms with Crippen LogP contribution in [0.5, 0.6) is 5.75 Å². The van der Waals surface area contributed by atoms with Crippen LogP contribution in [0.25, 0.3) is 0 Å². The molecule has 0 aliphatic carbocycles. The van der Waals surface area contributed by atoms with E-state index in [0.29, 0.717) is 15.7 Å². The largest absolute Gasteiger partial charge is 0.481 e. The highest BCUT2D eigenvalue weighted by molar-refractivity contribution is 9.10. The zero-order chi connectivity index (χ0) is 18.2. The molecule has 0 saturated carbocycles. The quantitative estimate of drug-likeness (QED) is 0.744. The molecule has 0 radical (unpaired) electrons. The lowest BCUT2D eigenvalue weighted by Gasteiger charge is -2.09. The molecule has 0 heterocycles. The summed E-state index contributed by atoms with van der Waals surface area (Å²) in [5, 5.41) is 11.2. The second kappa shape index (κ2) is 8.80. The number of halogens is 2. The van der Waals surface area contributed by atoms with Gasteiger partial charge in [0.1, 0.15) is 11.6 Å². The highest BCUT2D eigenvalue weighted by atomic mass is 79.9. The van der Waals surface area contributed by atoms with Crippen molar-refractivity contribution in [1.29, 1.82) is 5.26 Å². The molecule has 0 atom stereocenters. The number of hydrogen-bond acceptors (Lipinski definition) is 5. The Morgan fingerprint density at radius 3 is 2.52 bits per heavy atom. The number of nitrogens with one attached hydrogen (secondary N) is 1. The smallest absolute Gasteiger partial charge is 0.344 e. The van der Waals surface area contributed by atoms with Crippen molar-refractivity contribution in [2.75, 3.05) is 18.5 Å². The predicted octanol–water partition coefficient (Wildman–Crippen LogP) is 3.02. The molecule has 1 N–H and O–H groups in total. The van der Waals surface area contributed by atoms with Crippen LogP contribution in [0.15, 0.2) is 46.9 Å². The van der Waals surface area contributed by atoms with Crippen molar-refractivity contribution in [3.8, 4) is 11.8 Å². The molecular weight excluding hydrogens is 395 g/mol. The van der Waals surface area contributed by atoms with Crippen LogP contribution < -0.4 is 10.1 Å². The summed E-state index contributed by atoms with van der Waals surface area (Å²) in [5.41, 5.74) is 0.945. The van der Waals surface area contributed by atoms with Gasteiger partial charge in [-0.3, -0.25) is 4.79 Å². The predicted molar refractivity (Wildman–Crippen MR) is 90.3 cm³/mol. The number of nitriles is 1. The second-order valence-corrected chi connectivity index (χ2v) is 5.62. The number of carbonyl (C=O) groups is 2. The first-order valence-corrected chi connectivity index (χ1v) is 7.80. The van der Waals surface area contributed by atoms with Crippen molar-refractivity contribution >= 4 is 33.5 Å². The van der Waals surface area contributed by atoms with E-state index in [1.165, 1.54) is 18.2 Å². The van der Waals surface area contributed by atoms with E-state index in [1.54, 1.807) is 24.3 Å². The fourth-order valence-electron chi connectivity index (χ4n) is 1.74. The molecule has 0 bridgehead atoms. The normalized spacial score (nSPS) is 9.80. The lowest BCUT2D eigenvalue weighted by Crippen LogP contribution is -2.23. The van der Waals surface area contributed by atoms with E-state index in [-0.39, 0.29) is 5.75 Å². The molecule has 0 aromatic heterocycles. The molecule has 0 aliphatic heterocycles. The third-order valence-electron chi connectivity index (χ3n) is 2.90. The number of ether oxygens (including phenoxy) is 2. The SMILES string of the molecule is N#Cc1ccc(NC(=O)COC(=O)COc2ccc(F)cc2Br)cc1. The van der Waals surface area contributed by atoms with Crippen LogP contribution in [0.2, 0.25) is 0 Å². The number of nitrogens with zero attached hydrogens (tertiary/aromatic N) is 1. The summed E-state index contributed by atoms with van der Waals surface area (Å²) in [4.78, 5) is 23.3. The Morgan fingerprint density at radius 2 is 1.88 bits per heavy atom. The summed E-state index contributed by atoms with van der Waals surface area (Å²) in [6.45, 7) is -0.902. The maximum Gasteiger partial charge on any atom is 0.344 e. The highest BCUT2D eigenvalue weighted by Gasteiger charge is 2.10. The Hall–Kier alpha value is -2.92.